The first-order chi connectivity index (χ1) is 16.9. The van der Waals surface area contributed by atoms with Crippen molar-refractivity contribution in [3.63, 3.8) is 0 Å². The average molecular weight is 468 g/mol. The molecule has 5 aromatic rings. The summed E-state index contributed by atoms with van der Waals surface area (Å²) < 4.78 is 26.1. The molecule has 0 unspecified atom stereocenters. The minimum atomic E-state index is -0.405. The Morgan fingerprint density at radius 1 is 0.657 bits per heavy atom. The third-order valence-corrected chi connectivity index (χ3v) is 5.37. The summed E-state index contributed by atoms with van der Waals surface area (Å²) in [5.41, 5.74) is 4.01. The molecule has 0 saturated carbocycles. The Morgan fingerprint density at radius 2 is 1.17 bits per heavy atom. The second kappa shape index (κ2) is 9.18. The molecular formula is C27H18F2N4O2. The maximum Gasteiger partial charge on any atom is 0.255 e. The maximum absolute atomic E-state index is 13.1. The number of benzene rings is 4. The van der Waals surface area contributed by atoms with Crippen molar-refractivity contribution in [3.8, 4) is 11.4 Å². The van der Waals surface area contributed by atoms with Crippen LogP contribution < -0.4 is 10.6 Å². The molecule has 0 aliphatic rings. The molecule has 0 bridgehead atoms. The summed E-state index contributed by atoms with van der Waals surface area (Å²) in [6, 6.07) is 23.0. The topological polar surface area (TPSA) is 86.9 Å². The van der Waals surface area contributed by atoms with Gasteiger partial charge in [-0.05, 0) is 91.0 Å². The van der Waals surface area contributed by atoms with Crippen molar-refractivity contribution in [2.24, 2.45) is 0 Å². The zero-order valence-electron chi connectivity index (χ0n) is 18.2. The molecule has 0 spiro atoms. The van der Waals surface area contributed by atoms with Gasteiger partial charge in [0, 0.05) is 28.1 Å². The van der Waals surface area contributed by atoms with Crippen LogP contribution in [0.2, 0.25) is 0 Å². The molecule has 172 valence electrons. The summed E-state index contributed by atoms with van der Waals surface area (Å²) in [5, 5.41) is 5.50. The fraction of sp³-hybridized carbons (Fsp3) is 0. The monoisotopic (exact) mass is 468 g/mol. The van der Waals surface area contributed by atoms with E-state index in [4.69, 9.17) is 0 Å². The fourth-order valence-corrected chi connectivity index (χ4v) is 3.54. The Morgan fingerprint density at radius 3 is 1.80 bits per heavy atom. The Labute approximate surface area is 198 Å². The van der Waals surface area contributed by atoms with Crippen molar-refractivity contribution in [2.75, 3.05) is 10.6 Å². The van der Waals surface area contributed by atoms with Gasteiger partial charge >= 0.3 is 0 Å². The molecule has 0 atom stereocenters. The van der Waals surface area contributed by atoms with Gasteiger partial charge < -0.3 is 15.6 Å². The van der Waals surface area contributed by atoms with Gasteiger partial charge in [0.05, 0.1) is 11.0 Å². The van der Waals surface area contributed by atoms with Crippen LogP contribution in [0.3, 0.4) is 0 Å². The largest absolute Gasteiger partial charge is 0.338 e. The summed E-state index contributed by atoms with van der Waals surface area (Å²) in [5.74, 6) is -0.841. The van der Waals surface area contributed by atoms with Crippen LogP contribution >= 0.6 is 0 Å². The molecule has 0 aliphatic heterocycles. The average Bonchev–Trinajstić information content (AvgIpc) is 3.30. The van der Waals surface area contributed by atoms with Gasteiger partial charge in [-0.15, -0.1) is 0 Å². The number of fused-ring (bicyclic) bond motifs is 1. The van der Waals surface area contributed by atoms with Crippen LogP contribution in [0.4, 0.5) is 20.2 Å². The Balaban J connectivity index is 1.30. The molecule has 1 heterocycles. The highest BCUT2D eigenvalue weighted by atomic mass is 19.1. The van der Waals surface area contributed by atoms with E-state index in [1.807, 2.05) is 0 Å². The Bertz CT molecular complexity index is 1530. The minimum Gasteiger partial charge on any atom is -0.338 e. The lowest BCUT2D eigenvalue weighted by Gasteiger charge is -2.06. The summed E-state index contributed by atoms with van der Waals surface area (Å²) in [6.07, 6.45) is 0. The van der Waals surface area contributed by atoms with Gasteiger partial charge in [-0.1, -0.05) is 0 Å². The van der Waals surface area contributed by atoms with Gasteiger partial charge in [0.2, 0.25) is 0 Å². The van der Waals surface area contributed by atoms with Gasteiger partial charge in [0.1, 0.15) is 17.5 Å². The predicted octanol–water partition coefficient (Wildman–Crippen LogP) is 6.01. The highest BCUT2D eigenvalue weighted by Gasteiger charge is 2.11. The first-order valence-corrected chi connectivity index (χ1v) is 10.7. The van der Waals surface area contributed by atoms with Gasteiger partial charge in [0.25, 0.3) is 11.8 Å². The second-order valence-electron chi connectivity index (χ2n) is 7.82. The van der Waals surface area contributed by atoms with E-state index in [0.717, 1.165) is 5.56 Å². The molecule has 1 aromatic heterocycles. The molecule has 5 rings (SSSR count). The third-order valence-electron chi connectivity index (χ3n) is 5.37. The summed E-state index contributed by atoms with van der Waals surface area (Å²) in [7, 11) is 0. The van der Waals surface area contributed by atoms with Crippen molar-refractivity contribution in [2.45, 2.75) is 0 Å². The van der Waals surface area contributed by atoms with Crippen LogP contribution in [0, 0.1) is 11.6 Å². The number of rotatable bonds is 5. The standard InChI is InChI=1S/C27H18F2N4O2/c28-19-6-1-17(2-7-19)26(34)30-21-10-3-16(4-11-21)25-32-23-14-5-18(15-24(23)33-25)27(35)31-22-12-8-20(29)9-13-22/h1-15H,(H,30,34)(H,31,35)(H,32,33). The van der Waals surface area contributed by atoms with Crippen LogP contribution in [0.1, 0.15) is 20.7 Å². The smallest absolute Gasteiger partial charge is 0.255 e. The molecule has 4 aromatic carbocycles. The van der Waals surface area contributed by atoms with E-state index in [1.54, 1.807) is 42.5 Å². The summed E-state index contributed by atoms with van der Waals surface area (Å²) in [4.78, 5) is 32.7. The van der Waals surface area contributed by atoms with E-state index in [-0.39, 0.29) is 17.6 Å². The number of anilines is 2. The molecule has 0 radical (unpaired) electrons. The van der Waals surface area contributed by atoms with Crippen LogP contribution in [-0.2, 0) is 0 Å². The fourth-order valence-electron chi connectivity index (χ4n) is 3.54. The molecule has 3 N–H and O–H groups in total. The molecular weight excluding hydrogens is 450 g/mol. The number of amides is 2. The number of carbonyl (C=O) groups is 2. The van der Waals surface area contributed by atoms with Crippen molar-refractivity contribution in [1.82, 2.24) is 9.97 Å². The zero-order chi connectivity index (χ0) is 24.4. The van der Waals surface area contributed by atoms with Crippen molar-refractivity contribution in [3.05, 3.63) is 114 Å². The van der Waals surface area contributed by atoms with E-state index in [1.165, 1.54) is 48.5 Å². The quantitative estimate of drug-likeness (QED) is 0.295. The van der Waals surface area contributed by atoms with Crippen LogP contribution in [-0.4, -0.2) is 21.8 Å². The third kappa shape index (κ3) is 4.91. The van der Waals surface area contributed by atoms with E-state index in [9.17, 15) is 18.4 Å². The molecule has 0 saturated heterocycles. The number of halogens is 2. The molecule has 0 fully saturated rings. The van der Waals surface area contributed by atoms with Crippen molar-refractivity contribution >= 4 is 34.2 Å². The normalized spacial score (nSPS) is 10.8. The van der Waals surface area contributed by atoms with E-state index >= 15 is 0 Å². The number of nitrogens with zero attached hydrogens (tertiary/aromatic N) is 1. The molecule has 35 heavy (non-hydrogen) atoms. The summed E-state index contributed by atoms with van der Waals surface area (Å²) >= 11 is 0. The number of H-pyrrole nitrogens is 1. The Kier molecular flexibility index (Phi) is 5.76. The molecule has 8 heteroatoms. The number of aromatic nitrogens is 2. The number of carbonyl (C=O) groups excluding carboxylic acids is 2. The molecule has 6 nitrogen and oxygen atoms in total. The number of hydrogen-bond acceptors (Lipinski definition) is 3. The SMILES string of the molecule is O=C(Nc1ccc(-c2nc3ccc(C(=O)Nc4ccc(F)cc4)cc3[nH]2)cc1)c1ccc(F)cc1. The van der Waals surface area contributed by atoms with Gasteiger partial charge in [-0.25, -0.2) is 13.8 Å². The lowest BCUT2D eigenvalue weighted by Crippen LogP contribution is -2.11. The minimum absolute atomic E-state index is 0.323. The number of nitrogens with one attached hydrogen (secondary N) is 3. The number of aromatic amines is 1. The van der Waals surface area contributed by atoms with Gasteiger partial charge in [-0.3, -0.25) is 9.59 Å². The maximum atomic E-state index is 13.1. The van der Waals surface area contributed by atoms with Crippen LogP contribution in [0.5, 0.6) is 0 Å². The highest BCUT2D eigenvalue weighted by molar-refractivity contribution is 6.06. The van der Waals surface area contributed by atoms with Crippen LogP contribution in [0.25, 0.3) is 22.4 Å². The Hall–Kier alpha value is -4.85. The van der Waals surface area contributed by atoms with E-state index in [2.05, 4.69) is 20.6 Å². The first-order valence-electron chi connectivity index (χ1n) is 10.7. The second-order valence-corrected chi connectivity index (χ2v) is 7.82. The van der Waals surface area contributed by atoms with Crippen LogP contribution in [0.15, 0.2) is 91.0 Å². The molecule has 0 aliphatic carbocycles. The van der Waals surface area contributed by atoms with E-state index < -0.39 is 5.82 Å². The lowest BCUT2D eigenvalue weighted by atomic mass is 10.1. The van der Waals surface area contributed by atoms with Crippen molar-refractivity contribution < 1.29 is 18.4 Å². The molecule has 2 amide bonds. The summed E-state index contributed by atoms with van der Waals surface area (Å²) in [6.45, 7) is 0. The van der Waals surface area contributed by atoms with E-state index in [0.29, 0.717) is 39.4 Å². The zero-order valence-corrected chi connectivity index (χ0v) is 18.2. The highest BCUT2D eigenvalue weighted by Crippen LogP contribution is 2.23. The van der Waals surface area contributed by atoms with Gasteiger partial charge in [0.15, 0.2) is 0 Å². The number of imidazole rings is 1. The van der Waals surface area contributed by atoms with Crippen molar-refractivity contribution in [1.29, 1.82) is 0 Å². The number of hydrogen-bond donors (Lipinski definition) is 3. The predicted molar refractivity (Wildman–Crippen MR) is 130 cm³/mol. The first kappa shape index (κ1) is 22.0. The lowest BCUT2D eigenvalue weighted by molar-refractivity contribution is 0.101. The van der Waals surface area contributed by atoms with Gasteiger partial charge in [-0.2, -0.15) is 0 Å².